The molecule has 0 aromatic heterocycles. The fourth-order valence-corrected chi connectivity index (χ4v) is 5.14. The molecule has 43 heavy (non-hydrogen) atoms. The quantitative estimate of drug-likeness (QED) is 0.188. The summed E-state index contributed by atoms with van der Waals surface area (Å²) in [6.45, 7) is 6.60. The van der Waals surface area contributed by atoms with E-state index in [0.29, 0.717) is 62.6 Å². The summed E-state index contributed by atoms with van der Waals surface area (Å²) in [5, 5.41) is 0. The van der Waals surface area contributed by atoms with Gasteiger partial charge >= 0.3 is 7.69 Å². The molecule has 2 aliphatic heterocycles. The van der Waals surface area contributed by atoms with Crippen molar-refractivity contribution in [2.75, 3.05) is 26.4 Å². The Morgan fingerprint density at radius 1 is 0.558 bits per heavy atom. The topological polar surface area (TPSA) is 73.8 Å². The summed E-state index contributed by atoms with van der Waals surface area (Å²) >= 11 is 0. The number of benzene rings is 4. The largest absolute Gasteiger partial charge is 0.576 e. The second-order valence-corrected chi connectivity index (χ2v) is 10.6. The molecule has 6 rings (SSSR count). The SMILES string of the molecule is CC1(c2cc(OCc3ccccc3)ccc2OBOc2ccc(OCc3ccccc3)cc2C2(C)OCCO2)OCCO1. The zero-order valence-corrected chi connectivity index (χ0v) is 24.5. The molecule has 4 aromatic rings. The molecule has 2 heterocycles. The van der Waals surface area contributed by atoms with Gasteiger partial charge in [-0.05, 0) is 61.4 Å². The van der Waals surface area contributed by atoms with Gasteiger partial charge in [-0.1, -0.05) is 60.7 Å². The maximum Gasteiger partial charge on any atom is 0.576 e. The Morgan fingerprint density at radius 3 is 1.35 bits per heavy atom. The second-order valence-electron chi connectivity index (χ2n) is 10.6. The highest BCUT2D eigenvalue weighted by Gasteiger charge is 2.38. The minimum atomic E-state index is -0.969. The lowest BCUT2D eigenvalue weighted by Gasteiger charge is -2.27. The Labute approximate surface area is 252 Å². The molecular weight excluding hydrogens is 547 g/mol. The van der Waals surface area contributed by atoms with Crippen molar-refractivity contribution in [2.45, 2.75) is 38.6 Å². The third-order valence-corrected chi connectivity index (χ3v) is 7.48. The molecule has 2 saturated heterocycles. The number of hydrogen-bond donors (Lipinski definition) is 0. The molecule has 0 bridgehead atoms. The first-order valence-corrected chi connectivity index (χ1v) is 14.4. The van der Waals surface area contributed by atoms with Gasteiger partial charge in [-0.3, -0.25) is 0 Å². The summed E-state index contributed by atoms with van der Waals surface area (Å²) in [7, 11) is -0.0689. The predicted octanol–water partition coefficient (Wildman–Crippen LogP) is 6.01. The highest BCUT2D eigenvalue weighted by atomic mass is 16.7. The van der Waals surface area contributed by atoms with Crippen LogP contribution in [0.15, 0.2) is 97.1 Å². The molecule has 0 amide bonds. The van der Waals surface area contributed by atoms with Gasteiger partial charge in [0.1, 0.15) is 36.2 Å². The van der Waals surface area contributed by atoms with Crippen molar-refractivity contribution < 1.29 is 37.7 Å². The highest BCUT2D eigenvalue weighted by Crippen LogP contribution is 2.41. The number of hydrogen-bond acceptors (Lipinski definition) is 8. The van der Waals surface area contributed by atoms with Gasteiger partial charge in [-0.15, -0.1) is 0 Å². The van der Waals surface area contributed by atoms with E-state index in [-0.39, 0.29) is 7.69 Å². The smallest absolute Gasteiger partial charge is 0.528 e. The van der Waals surface area contributed by atoms with Crippen molar-refractivity contribution in [1.29, 1.82) is 0 Å². The first-order chi connectivity index (χ1) is 21.0. The highest BCUT2D eigenvalue weighted by molar-refractivity contribution is 6.20. The summed E-state index contributed by atoms with van der Waals surface area (Å²) in [5.74, 6) is 0.571. The summed E-state index contributed by atoms with van der Waals surface area (Å²) in [4.78, 5) is 0. The van der Waals surface area contributed by atoms with Gasteiger partial charge in [0.05, 0.1) is 37.6 Å². The van der Waals surface area contributed by atoms with E-state index in [2.05, 4.69) is 0 Å². The first-order valence-electron chi connectivity index (χ1n) is 14.4. The van der Waals surface area contributed by atoms with Crippen LogP contribution in [0.1, 0.15) is 36.1 Å². The molecule has 2 fully saturated rings. The second kappa shape index (κ2) is 13.1. The third kappa shape index (κ3) is 6.97. The van der Waals surface area contributed by atoms with Gasteiger partial charge in [-0.25, -0.2) is 0 Å². The van der Waals surface area contributed by atoms with Crippen molar-refractivity contribution in [1.82, 2.24) is 0 Å². The van der Waals surface area contributed by atoms with E-state index in [1.807, 2.05) is 111 Å². The molecule has 0 radical (unpaired) electrons. The Kier molecular flexibility index (Phi) is 8.86. The number of rotatable bonds is 12. The van der Waals surface area contributed by atoms with Crippen LogP contribution in [0, 0.1) is 0 Å². The molecule has 2 aliphatic rings. The van der Waals surface area contributed by atoms with Gasteiger partial charge in [-0.2, -0.15) is 0 Å². The average Bonchev–Trinajstić information content (AvgIpc) is 3.70. The van der Waals surface area contributed by atoms with E-state index in [0.717, 1.165) is 22.3 Å². The van der Waals surface area contributed by atoms with Crippen molar-refractivity contribution >= 4 is 7.69 Å². The molecule has 0 unspecified atom stereocenters. The van der Waals surface area contributed by atoms with Crippen LogP contribution in [-0.2, 0) is 43.7 Å². The van der Waals surface area contributed by atoms with E-state index in [1.165, 1.54) is 0 Å². The van der Waals surface area contributed by atoms with Crippen LogP contribution < -0.4 is 18.8 Å². The van der Waals surface area contributed by atoms with Crippen LogP contribution in [0.4, 0.5) is 0 Å². The van der Waals surface area contributed by atoms with Crippen molar-refractivity contribution in [3.05, 3.63) is 119 Å². The summed E-state index contributed by atoms with van der Waals surface area (Å²) in [6.07, 6.45) is 0. The molecule has 4 aromatic carbocycles. The van der Waals surface area contributed by atoms with Gasteiger partial charge in [0, 0.05) is 0 Å². The monoisotopic (exact) mass is 582 g/mol. The minimum Gasteiger partial charge on any atom is -0.528 e. The van der Waals surface area contributed by atoms with Crippen molar-refractivity contribution in [2.24, 2.45) is 0 Å². The predicted molar refractivity (Wildman–Crippen MR) is 161 cm³/mol. The molecule has 0 atom stereocenters. The Morgan fingerprint density at radius 2 is 0.953 bits per heavy atom. The molecule has 0 aliphatic carbocycles. The molecule has 0 spiro atoms. The fraction of sp³-hybridized carbons (Fsp3) is 0.294. The maximum atomic E-state index is 6.17. The zero-order chi connectivity index (χ0) is 29.5. The lowest BCUT2D eigenvalue weighted by atomic mass is 10.0. The van der Waals surface area contributed by atoms with Gasteiger partial charge in [0.15, 0.2) is 11.6 Å². The van der Waals surface area contributed by atoms with Crippen molar-refractivity contribution in [3.8, 4) is 23.0 Å². The van der Waals surface area contributed by atoms with Crippen LogP contribution in [0.3, 0.4) is 0 Å². The van der Waals surface area contributed by atoms with Crippen LogP contribution in [-0.4, -0.2) is 34.1 Å². The van der Waals surface area contributed by atoms with Crippen LogP contribution in [0.2, 0.25) is 0 Å². The molecular formula is C34H35BO8. The van der Waals surface area contributed by atoms with Crippen LogP contribution in [0.25, 0.3) is 0 Å². The first kappa shape index (κ1) is 29.1. The van der Waals surface area contributed by atoms with E-state index in [9.17, 15) is 0 Å². The van der Waals surface area contributed by atoms with Crippen molar-refractivity contribution in [3.63, 3.8) is 0 Å². The Bertz CT molecular complexity index is 1370. The Hall–Kier alpha value is -4.02. The van der Waals surface area contributed by atoms with Gasteiger partial charge in [0.25, 0.3) is 0 Å². The van der Waals surface area contributed by atoms with Crippen LogP contribution >= 0.6 is 0 Å². The molecule has 0 saturated carbocycles. The standard InChI is InChI=1S/C34H35BO8/c1-33(38-17-18-39-33)29-21-27(36-23-25-9-5-3-6-10-25)13-15-31(29)42-35-43-32-16-14-28(37-24-26-11-7-4-8-12-26)22-30(32)34(2)40-19-20-41-34/h3-16,21-22,35H,17-20,23-24H2,1-2H3. The summed E-state index contributed by atoms with van der Waals surface area (Å²) < 4.78 is 48.4. The summed E-state index contributed by atoms with van der Waals surface area (Å²) in [6, 6.07) is 31.3. The maximum absolute atomic E-state index is 6.17. The lowest BCUT2D eigenvalue weighted by Crippen LogP contribution is -2.26. The third-order valence-electron chi connectivity index (χ3n) is 7.48. The number of ether oxygens (including phenoxy) is 6. The fourth-order valence-electron chi connectivity index (χ4n) is 5.14. The average molecular weight is 582 g/mol. The minimum absolute atomic E-state index is 0.0689. The normalized spacial score (nSPS) is 16.9. The summed E-state index contributed by atoms with van der Waals surface area (Å²) in [5.41, 5.74) is 3.60. The molecule has 9 heteroatoms. The lowest BCUT2D eigenvalue weighted by molar-refractivity contribution is -0.150. The molecule has 0 N–H and O–H groups in total. The Balaban J connectivity index is 1.18. The zero-order valence-electron chi connectivity index (χ0n) is 24.5. The van der Waals surface area contributed by atoms with Gasteiger partial charge < -0.3 is 37.7 Å². The molecule has 222 valence electrons. The van der Waals surface area contributed by atoms with E-state index < -0.39 is 11.6 Å². The van der Waals surface area contributed by atoms with Gasteiger partial charge in [0.2, 0.25) is 0 Å². The molecule has 8 nitrogen and oxygen atoms in total. The van der Waals surface area contributed by atoms with Crippen LogP contribution in [0.5, 0.6) is 23.0 Å². The van der Waals surface area contributed by atoms with E-state index in [4.69, 9.17) is 37.7 Å². The van der Waals surface area contributed by atoms with E-state index in [1.54, 1.807) is 0 Å². The van der Waals surface area contributed by atoms with E-state index >= 15 is 0 Å².